The van der Waals surface area contributed by atoms with Gasteiger partial charge in [-0.15, -0.1) is 0 Å². The minimum Gasteiger partial charge on any atom is -0.489 e. The van der Waals surface area contributed by atoms with Crippen molar-refractivity contribution in [3.63, 3.8) is 0 Å². The number of amides is 1. The molecule has 0 radical (unpaired) electrons. The van der Waals surface area contributed by atoms with Crippen LogP contribution in [-0.2, 0) is 4.79 Å². The van der Waals surface area contributed by atoms with Crippen LogP contribution >= 0.6 is 0 Å². The monoisotopic (exact) mass is 327 g/mol. The molecule has 2 aromatic carbocycles. The van der Waals surface area contributed by atoms with E-state index in [0.717, 1.165) is 11.3 Å². The number of anilines is 1. The minimum atomic E-state index is -0.557. The fraction of sp³-hybridized carbons (Fsp3) is 0.350. The van der Waals surface area contributed by atoms with Gasteiger partial charge in [-0.2, -0.15) is 0 Å². The van der Waals surface area contributed by atoms with Crippen LogP contribution in [0.1, 0.15) is 32.8 Å². The average molecular weight is 327 g/mol. The molecule has 0 spiro atoms. The zero-order chi connectivity index (χ0) is 17.5. The molecule has 0 aromatic heterocycles. The molecule has 1 atom stereocenters. The van der Waals surface area contributed by atoms with Crippen LogP contribution in [0.5, 0.6) is 11.5 Å². The first-order valence-electron chi connectivity index (χ1n) is 8.30. The van der Waals surface area contributed by atoms with Crippen molar-refractivity contribution in [2.75, 3.05) is 5.32 Å². The van der Waals surface area contributed by atoms with Crippen LogP contribution in [0, 0.1) is 6.92 Å². The second kappa shape index (κ2) is 8.39. The molecule has 0 heterocycles. The zero-order valence-electron chi connectivity index (χ0n) is 14.7. The third kappa shape index (κ3) is 4.75. The maximum absolute atomic E-state index is 12.6. The molecule has 1 amide bonds. The van der Waals surface area contributed by atoms with E-state index in [0.29, 0.717) is 17.9 Å². The zero-order valence-corrected chi connectivity index (χ0v) is 14.7. The Balaban J connectivity index is 2.11. The van der Waals surface area contributed by atoms with Gasteiger partial charge in [0.15, 0.2) is 6.10 Å². The molecule has 24 heavy (non-hydrogen) atoms. The Labute approximate surface area is 143 Å². The van der Waals surface area contributed by atoms with Crippen LogP contribution < -0.4 is 14.8 Å². The third-order valence-electron chi connectivity index (χ3n) is 3.53. The average Bonchev–Trinajstić information content (AvgIpc) is 2.55. The lowest BCUT2D eigenvalue weighted by Gasteiger charge is -2.20. The topological polar surface area (TPSA) is 47.6 Å². The summed E-state index contributed by atoms with van der Waals surface area (Å²) in [5.74, 6) is 1.21. The molecule has 4 heteroatoms. The summed E-state index contributed by atoms with van der Waals surface area (Å²) in [5.41, 5.74) is 1.66. The number of carbonyl (C=O) groups is 1. The Morgan fingerprint density at radius 1 is 1.00 bits per heavy atom. The predicted molar refractivity (Wildman–Crippen MR) is 96.7 cm³/mol. The van der Waals surface area contributed by atoms with Crippen LogP contribution in [-0.4, -0.2) is 18.1 Å². The van der Waals surface area contributed by atoms with Gasteiger partial charge in [0.2, 0.25) is 0 Å². The molecule has 0 saturated carbocycles. The number of para-hydroxylation sites is 3. The molecule has 128 valence electrons. The molecule has 0 aliphatic carbocycles. The van der Waals surface area contributed by atoms with Crippen molar-refractivity contribution in [3.05, 3.63) is 54.1 Å². The van der Waals surface area contributed by atoms with Crippen LogP contribution in [0.15, 0.2) is 48.5 Å². The standard InChI is InChI=1S/C20H25NO3/c1-5-17(24-18-12-8-6-10-15(18)4)20(22)21-16-11-7-9-13-19(16)23-14(2)3/h6-14,17H,5H2,1-4H3,(H,21,22). The number of hydrogen-bond donors (Lipinski definition) is 1. The van der Waals surface area contributed by atoms with E-state index in [1.54, 1.807) is 0 Å². The molecule has 1 N–H and O–H groups in total. The molecule has 2 aromatic rings. The summed E-state index contributed by atoms with van der Waals surface area (Å²) in [6, 6.07) is 15.1. The van der Waals surface area contributed by atoms with Crippen molar-refractivity contribution in [1.82, 2.24) is 0 Å². The van der Waals surface area contributed by atoms with Gasteiger partial charge < -0.3 is 14.8 Å². The highest BCUT2D eigenvalue weighted by Gasteiger charge is 2.20. The van der Waals surface area contributed by atoms with Gasteiger partial charge in [-0.05, 0) is 51.0 Å². The molecule has 0 saturated heterocycles. The lowest BCUT2D eigenvalue weighted by Crippen LogP contribution is -2.32. The molecule has 1 unspecified atom stereocenters. The van der Waals surface area contributed by atoms with Crippen LogP contribution in [0.3, 0.4) is 0 Å². The first-order valence-corrected chi connectivity index (χ1v) is 8.30. The maximum Gasteiger partial charge on any atom is 0.265 e. The molecule has 4 nitrogen and oxygen atoms in total. The van der Waals surface area contributed by atoms with Gasteiger partial charge in [0, 0.05) is 0 Å². The van der Waals surface area contributed by atoms with E-state index in [-0.39, 0.29) is 12.0 Å². The van der Waals surface area contributed by atoms with E-state index in [2.05, 4.69) is 5.32 Å². The first kappa shape index (κ1) is 17.9. The molecule has 0 aliphatic heterocycles. The fourth-order valence-corrected chi connectivity index (χ4v) is 2.30. The molecule has 0 fully saturated rings. The summed E-state index contributed by atoms with van der Waals surface area (Å²) in [7, 11) is 0. The van der Waals surface area contributed by atoms with Crippen molar-refractivity contribution in [1.29, 1.82) is 0 Å². The van der Waals surface area contributed by atoms with Gasteiger partial charge in [0.1, 0.15) is 11.5 Å². The fourth-order valence-electron chi connectivity index (χ4n) is 2.30. The number of carbonyl (C=O) groups excluding carboxylic acids is 1. The van der Waals surface area contributed by atoms with Gasteiger partial charge in [0.25, 0.3) is 5.91 Å². The Morgan fingerprint density at radius 3 is 2.25 bits per heavy atom. The van der Waals surface area contributed by atoms with Crippen molar-refractivity contribution in [2.45, 2.75) is 46.3 Å². The maximum atomic E-state index is 12.6. The molecular formula is C20H25NO3. The lowest BCUT2D eigenvalue weighted by molar-refractivity contribution is -0.122. The summed E-state index contributed by atoms with van der Waals surface area (Å²) < 4.78 is 11.6. The quantitative estimate of drug-likeness (QED) is 0.810. The first-order chi connectivity index (χ1) is 11.5. The Morgan fingerprint density at radius 2 is 1.62 bits per heavy atom. The van der Waals surface area contributed by atoms with Gasteiger partial charge in [0.05, 0.1) is 11.8 Å². The number of hydrogen-bond acceptors (Lipinski definition) is 3. The van der Waals surface area contributed by atoms with E-state index in [4.69, 9.17) is 9.47 Å². The van der Waals surface area contributed by atoms with Crippen molar-refractivity contribution >= 4 is 11.6 Å². The van der Waals surface area contributed by atoms with Crippen molar-refractivity contribution in [3.8, 4) is 11.5 Å². The van der Waals surface area contributed by atoms with Crippen molar-refractivity contribution < 1.29 is 14.3 Å². The van der Waals surface area contributed by atoms with Crippen molar-refractivity contribution in [2.24, 2.45) is 0 Å². The second-order valence-corrected chi connectivity index (χ2v) is 5.93. The number of aryl methyl sites for hydroxylation is 1. The minimum absolute atomic E-state index is 0.0354. The smallest absolute Gasteiger partial charge is 0.265 e. The molecular weight excluding hydrogens is 302 g/mol. The molecule has 0 bridgehead atoms. The van der Waals surface area contributed by atoms with E-state index in [1.807, 2.05) is 76.2 Å². The molecule has 2 rings (SSSR count). The predicted octanol–water partition coefficient (Wildman–Crippen LogP) is 4.58. The summed E-state index contributed by atoms with van der Waals surface area (Å²) >= 11 is 0. The highest BCUT2D eigenvalue weighted by Crippen LogP contribution is 2.26. The van der Waals surface area contributed by atoms with Gasteiger partial charge in [-0.3, -0.25) is 4.79 Å². The van der Waals surface area contributed by atoms with Crippen LogP contribution in [0.2, 0.25) is 0 Å². The van der Waals surface area contributed by atoms with Crippen LogP contribution in [0.25, 0.3) is 0 Å². The number of nitrogens with one attached hydrogen (secondary N) is 1. The number of rotatable bonds is 7. The third-order valence-corrected chi connectivity index (χ3v) is 3.53. The van der Waals surface area contributed by atoms with Gasteiger partial charge in [-0.1, -0.05) is 37.3 Å². The highest BCUT2D eigenvalue weighted by molar-refractivity contribution is 5.95. The van der Waals surface area contributed by atoms with E-state index >= 15 is 0 Å². The number of ether oxygens (including phenoxy) is 2. The van der Waals surface area contributed by atoms with Gasteiger partial charge in [-0.25, -0.2) is 0 Å². The summed E-state index contributed by atoms with van der Waals surface area (Å²) in [5, 5.41) is 2.92. The van der Waals surface area contributed by atoms with E-state index < -0.39 is 6.10 Å². The Bertz CT molecular complexity index is 682. The largest absolute Gasteiger partial charge is 0.489 e. The highest BCUT2D eigenvalue weighted by atomic mass is 16.5. The lowest BCUT2D eigenvalue weighted by atomic mass is 10.2. The summed E-state index contributed by atoms with van der Waals surface area (Å²) in [6.45, 7) is 7.80. The van der Waals surface area contributed by atoms with Crippen LogP contribution in [0.4, 0.5) is 5.69 Å². The second-order valence-electron chi connectivity index (χ2n) is 5.93. The van der Waals surface area contributed by atoms with E-state index in [1.165, 1.54) is 0 Å². The molecule has 0 aliphatic rings. The Kier molecular flexibility index (Phi) is 6.24. The SMILES string of the molecule is CCC(Oc1ccccc1C)C(=O)Nc1ccccc1OC(C)C. The van der Waals surface area contributed by atoms with Gasteiger partial charge >= 0.3 is 0 Å². The van der Waals surface area contributed by atoms with E-state index in [9.17, 15) is 4.79 Å². The normalized spacial score (nSPS) is 11.9. The summed E-state index contributed by atoms with van der Waals surface area (Å²) in [4.78, 5) is 12.6. The summed E-state index contributed by atoms with van der Waals surface area (Å²) in [6.07, 6.45) is 0.0550. The Hall–Kier alpha value is -2.49. The number of benzene rings is 2.